The van der Waals surface area contributed by atoms with E-state index in [1.165, 1.54) is 17.8 Å². The topological polar surface area (TPSA) is 59.0 Å². The van der Waals surface area contributed by atoms with E-state index in [0.29, 0.717) is 23.8 Å². The molecule has 2 aromatic carbocycles. The Hall–Kier alpha value is -1.87. The molecule has 142 valence electrons. The highest BCUT2D eigenvalue weighted by Crippen LogP contribution is 2.48. The molecule has 1 aliphatic rings. The smallest absolute Gasteiger partial charge is 0.128 e. The summed E-state index contributed by atoms with van der Waals surface area (Å²) in [6, 6.07) is 18.8. The molecule has 0 radical (unpaired) electrons. The van der Waals surface area contributed by atoms with Crippen molar-refractivity contribution < 1.29 is 9.13 Å². The van der Waals surface area contributed by atoms with E-state index < -0.39 is 10.3 Å². The van der Waals surface area contributed by atoms with Crippen molar-refractivity contribution in [2.75, 3.05) is 12.4 Å². The van der Waals surface area contributed by atoms with Gasteiger partial charge in [-0.2, -0.15) is 5.26 Å². The first-order valence-corrected chi connectivity index (χ1v) is 10.2. The van der Waals surface area contributed by atoms with Crippen LogP contribution in [0.3, 0.4) is 0 Å². The minimum absolute atomic E-state index is 0.183. The van der Waals surface area contributed by atoms with Crippen molar-refractivity contribution in [3.05, 3.63) is 71.5 Å². The molecule has 27 heavy (non-hydrogen) atoms. The molecule has 0 heterocycles. The van der Waals surface area contributed by atoms with Gasteiger partial charge in [0.1, 0.15) is 10.6 Å². The molecule has 0 saturated heterocycles. The third-order valence-corrected chi connectivity index (χ3v) is 6.77. The molecule has 0 amide bonds. The zero-order valence-corrected chi connectivity index (χ0v) is 16.3. The lowest BCUT2D eigenvalue weighted by Gasteiger charge is -2.33. The van der Waals surface area contributed by atoms with Crippen LogP contribution in [-0.2, 0) is 16.9 Å². The van der Waals surface area contributed by atoms with Gasteiger partial charge in [-0.1, -0.05) is 48.5 Å². The molecule has 2 aromatic rings. The van der Waals surface area contributed by atoms with Crippen molar-refractivity contribution in [1.82, 2.24) is 0 Å². The summed E-state index contributed by atoms with van der Waals surface area (Å²) in [6.07, 6.45) is 2.14. The number of hydrogen-bond donors (Lipinski definition) is 1. The Morgan fingerprint density at radius 1 is 1.19 bits per heavy atom. The van der Waals surface area contributed by atoms with Crippen molar-refractivity contribution >= 4 is 11.8 Å². The normalized spacial score (nSPS) is 18.3. The average Bonchev–Trinajstić information content (AvgIpc) is 3.53. The van der Waals surface area contributed by atoms with E-state index in [1.807, 2.05) is 37.3 Å². The van der Waals surface area contributed by atoms with Crippen LogP contribution in [0.25, 0.3) is 0 Å². The molecule has 2 N–H and O–H groups in total. The summed E-state index contributed by atoms with van der Waals surface area (Å²) in [7, 11) is 0. The summed E-state index contributed by atoms with van der Waals surface area (Å²) in [6.45, 7) is 2.56. The quantitative estimate of drug-likeness (QED) is 0.685. The molecule has 1 fully saturated rings. The average molecular weight is 385 g/mol. The third kappa shape index (κ3) is 4.90. The Bertz CT molecular complexity index is 805. The van der Waals surface area contributed by atoms with Crippen LogP contribution >= 0.6 is 11.8 Å². The van der Waals surface area contributed by atoms with Crippen molar-refractivity contribution in [1.29, 1.82) is 5.26 Å². The predicted octanol–water partition coefficient (Wildman–Crippen LogP) is 4.62. The van der Waals surface area contributed by atoms with Crippen LogP contribution in [0.15, 0.2) is 54.6 Å². The lowest BCUT2D eigenvalue weighted by atomic mass is 9.93. The minimum atomic E-state index is -1.00. The van der Waals surface area contributed by atoms with Gasteiger partial charge < -0.3 is 10.5 Å². The summed E-state index contributed by atoms with van der Waals surface area (Å²) < 4.78 is 19.9. The highest BCUT2D eigenvalue weighted by atomic mass is 32.2. The van der Waals surface area contributed by atoms with E-state index in [9.17, 15) is 9.65 Å². The van der Waals surface area contributed by atoms with Crippen LogP contribution in [0.1, 0.15) is 30.9 Å². The molecule has 1 saturated carbocycles. The van der Waals surface area contributed by atoms with Gasteiger partial charge in [-0.25, -0.2) is 4.39 Å². The molecule has 2 atom stereocenters. The second-order valence-corrected chi connectivity index (χ2v) is 8.82. The first-order valence-electron chi connectivity index (χ1n) is 9.18. The van der Waals surface area contributed by atoms with E-state index >= 15 is 0 Å². The van der Waals surface area contributed by atoms with Crippen LogP contribution < -0.4 is 5.73 Å². The van der Waals surface area contributed by atoms with Crippen LogP contribution in [0, 0.1) is 23.1 Å². The second-order valence-electron chi connectivity index (χ2n) is 7.40. The predicted molar refractivity (Wildman–Crippen MR) is 108 cm³/mol. The van der Waals surface area contributed by atoms with E-state index in [4.69, 9.17) is 10.5 Å². The van der Waals surface area contributed by atoms with E-state index in [2.05, 4.69) is 6.07 Å². The number of thioether (sulfide) groups is 1. The fraction of sp³-hybridized carbons (Fsp3) is 0.409. The van der Waals surface area contributed by atoms with Gasteiger partial charge in [-0.3, -0.25) is 0 Å². The Labute approximate surface area is 164 Å². The van der Waals surface area contributed by atoms with Crippen molar-refractivity contribution in [2.45, 2.75) is 36.7 Å². The van der Waals surface area contributed by atoms with Crippen LogP contribution in [-0.4, -0.2) is 17.1 Å². The number of halogens is 1. The Morgan fingerprint density at radius 2 is 1.85 bits per heavy atom. The van der Waals surface area contributed by atoms with Crippen molar-refractivity contribution in [2.24, 2.45) is 11.7 Å². The SMILES string of the molecule is CC(C#N)(SCC(N)(COCc1ccccc1)c1ccccc1F)C1CC1. The molecule has 5 heteroatoms. The zero-order chi connectivity index (χ0) is 19.3. The van der Waals surface area contributed by atoms with Crippen molar-refractivity contribution in [3.63, 3.8) is 0 Å². The maximum absolute atomic E-state index is 14.5. The number of hydrogen-bond acceptors (Lipinski definition) is 4. The highest BCUT2D eigenvalue weighted by molar-refractivity contribution is 8.00. The molecule has 0 aromatic heterocycles. The maximum atomic E-state index is 14.5. The largest absolute Gasteiger partial charge is 0.374 e. The molecule has 3 rings (SSSR count). The molecule has 3 nitrogen and oxygen atoms in total. The summed E-state index contributed by atoms with van der Waals surface area (Å²) in [5, 5.41) is 9.63. The second kappa shape index (κ2) is 8.43. The number of rotatable bonds is 9. The van der Waals surface area contributed by atoms with Gasteiger partial charge in [0.25, 0.3) is 0 Å². The van der Waals surface area contributed by atoms with Gasteiger partial charge in [0.05, 0.1) is 24.8 Å². The fourth-order valence-electron chi connectivity index (χ4n) is 3.14. The molecule has 0 spiro atoms. The lowest BCUT2D eigenvalue weighted by Crippen LogP contribution is -2.46. The number of nitrogens with two attached hydrogens (primary N) is 1. The van der Waals surface area contributed by atoms with Crippen LogP contribution in [0.2, 0.25) is 0 Å². The van der Waals surface area contributed by atoms with Gasteiger partial charge in [0, 0.05) is 11.3 Å². The van der Waals surface area contributed by atoms with Gasteiger partial charge in [0.2, 0.25) is 0 Å². The molecule has 0 bridgehead atoms. The molecule has 0 aliphatic heterocycles. The van der Waals surface area contributed by atoms with E-state index in [1.54, 1.807) is 18.2 Å². The van der Waals surface area contributed by atoms with Gasteiger partial charge in [0.15, 0.2) is 0 Å². The minimum Gasteiger partial charge on any atom is -0.374 e. The summed E-state index contributed by atoms with van der Waals surface area (Å²) in [5.74, 6) is 0.472. The number of nitriles is 1. The first-order chi connectivity index (χ1) is 13.0. The Balaban J connectivity index is 1.74. The first kappa shape index (κ1) is 19.9. The van der Waals surface area contributed by atoms with E-state index in [0.717, 1.165) is 18.4 Å². The lowest BCUT2D eigenvalue weighted by molar-refractivity contribution is 0.0787. The standard InChI is InChI=1S/C22H25FN2OS/c1-21(14-24,18-11-12-18)27-16-22(25,19-9-5-6-10-20(19)23)15-26-13-17-7-3-2-4-8-17/h2-10,18H,11-13,15-16,25H2,1H3. The van der Waals surface area contributed by atoms with Crippen LogP contribution in [0.4, 0.5) is 4.39 Å². The van der Waals surface area contributed by atoms with Gasteiger partial charge in [-0.05, 0) is 37.3 Å². The molecule has 2 unspecified atom stereocenters. The van der Waals surface area contributed by atoms with E-state index in [-0.39, 0.29) is 12.4 Å². The number of benzene rings is 2. The maximum Gasteiger partial charge on any atom is 0.128 e. The summed E-state index contributed by atoms with van der Waals surface area (Å²) >= 11 is 1.52. The van der Waals surface area contributed by atoms with Gasteiger partial charge >= 0.3 is 0 Å². The number of ether oxygens (including phenoxy) is 1. The van der Waals surface area contributed by atoms with Gasteiger partial charge in [-0.15, -0.1) is 11.8 Å². The Morgan fingerprint density at radius 3 is 2.48 bits per heavy atom. The van der Waals surface area contributed by atoms with Crippen LogP contribution in [0.5, 0.6) is 0 Å². The summed E-state index contributed by atoms with van der Waals surface area (Å²) in [4.78, 5) is 0. The molecular formula is C22H25FN2OS. The monoisotopic (exact) mass is 384 g/mol. The fourth-order valence-corrected chi connectivity index (χ4v) is 4.47. The van der Waals surface area contributed by atoms with Crippen molar-refractivity contribution in [3.8, 4) is 6.07 Å². The molecular weight excluding hydrogens is 359 g/mol. The highest BCUT2D eigenvalue weighted by Gasteiger charge is 2.44. The zero-order valence-electron chi connectivity index (χ0n) is 15.5. The summed E-state index contributed by atoms with van der Waals surface area (Å²) in [5.41, 5.74) is 7.14. The molecule has 1 aliphatic carbocycles. The third-order valence-electron chi connectivity index (χ3n) is 5.09. The number of nitrogens with zero attached hydrogens (tertiary/aromatic N) is 1. The Kier molecular flexibility index (Phi) is 6.21.